The van der Waals surface area contributed by atoms with E-state index in [1.807, 2.05) is 0 Å². The Morgan fingerprint density at radius 1 is 0.900 bits per heavy atom. The van der Waals surface area contributed by atoms with E-state index in [1.54, 1.807) is 20.8 Å². The molecule has 0 aliphatic carbocycles. The third kappa shape index (κ3) is 8.09. The van der Waals surface area contributed by atoms with Crippen LogP contribution in [-0.4, -0.2) is 116 Å². The summed E-state index contributed by atoms with van der Waals surface area (Å²) in [6, 6.07) is -1.18. The molecule has 0 radical (unpaired) electrons. The maximum absolute atomic E-state index is 12.1. The number of aliphatic hydroxyl groups is 1. The molecule has 1 amide bonds. The second-order valence-corrected chi connectivity index (χ2v) is 10.1. The predicted molar refractivity (Wildman–Crippen MR) is 130 cm³/mol. The van der Waals surface area contributed by atoms with E-state index in [9.17, 15) is 24.3 Å². The van der Waals surface area contributed by atoms with Crippen LogP contribution in [0.4, 0.5) is 0 Å². The van der Waals surface area contributed by atoms with Crippen molar-refractivity contribution in [2.24, 2.45) is 0 Å². The van der Waals surface area contributed by atoms with Crippen molar-refractivity contribution >= 4 is 23.8 Å². The zero-order valence-electron chi connectivity index (χ0n) is 23.6. The Balaban J connectivity index is 1.81. The van der Waals surface area contributed by atoms with Crippen molar-refractivity contribution in [3.8, 4) is 0 Å². The van der Waals surface area contributed by atoms with Gasteiger partial charge in [-0.3, -0.25) is 19.2 Å². The first-order valence-corrected chi connectivity index (χ1v) is 13.0. The van der Waals surface area contributed by atoms with E-state index in [1.165, 1.54) is 13.8 Å². The quantitative estimate of drug-likeness (QED) is 0.232. The number of hydrogen-bond acceptors (Lipinski definition) is 14. The van der Waals surface area contributed by atoms with Crippen molar-refractivity contribution in [3.05, 3.63) is 0 Å². The van der Waals surface area contributed by atoms with Gasteiger partial charge in [-0.2, -0.15) is 0 Å². The van der Waals surface area contributed by atoms with Crippen molar-refractivity contribution in [2.75, 3.05) is 19.8 Å². The fourth-order valence-corrected chi connectivity index (χ4v) is 4.92. The fraction of sp³-hybridized carbons (Fsp3) is 0.840. The molecule has 40 heavy (non-hydrogen) atoms. The molecule has 3 fully saturated rings. The second-order valence-electron chi connectivity index (χ2n) is 10.1. The van der Waals surface area contributed by atoms with E-state index < -0.39 is 91.0 Å². The highest BCUT2D eigenvalue weighted by Gasteiger charge is 2.57. The molecule has 10 atom stereocenters. The van der Waals surface area contributed by atoms with Crippen LogP contribution in [0.3, 0.4) is 0 Å². The number of carbonyl (C=O) groups is 4. The van der Waals surface area contributed by atoms with Gasteiger partial charge < -0.3 is 53.1 Å². The largest absolute Gasteiger partial charge is 0.463 e. The average molecular weight is 578 g/mol. The predicted octanol–water partition coefficient (Wildman–Crippen LogP) is -0.698. The first-order chi connectivity index (χ1) is 18.7. The van der Waals surface area contributed by atoms with Crippen LogP contribution in [0.25, 0.3) is 0 Å². The minimum absolute atomic E-state index is 0.320. The standard InChI is InChI=1S/C25H39NO14/c1-8-32-21-18(38-24-22(21)39-25(6,7)40-24)15(31)9-34-23-17(26-11(2)27)20(36-14(5)30)19(35-13(4)29)16(37-23)10-33-12(3)28/h15-24,31H,8-10H2,1-7H3,(H,26,27)/t15-,16+,17-,18-,19-,20+,21-,22-,23+,24+/m1/s1. The molecule has 0 aromatic rings. The zero-order valence-corrected chi connectivity index (χ0v) is 23.6. The SMILES string of the molecule is CCO[C@H]1[C@H]2OC(C)(C)O[C@@H]2O[C@@H]1[C@H](O)CO[C@H]1O[C@@H](COC(C)=O)[C@@H](OC(C)=O)[C@@H](OC(C)=O)[C@H]1NC(C)=O. The average Bonchev–Trinajstić information content (AvgIpc) is 3.31. The molecule has 3 aliphatic heterocycles. The molecule has 15 nitrogen and oxygen atoms in total. The molecule has 3 rings (SSSR count). The highest BCUT2D eigenvalue weighted by molar-refractivity contribution is 5.73. The Kier molecular flexibility index (Phi) is 10.8. The lowest BCUT2D eigenvalue weighted by Gasteiger charge is -2.45. The van der Waals surface area contributed by atoms with Crippen molar-refractivity contribution < 1.29 is 66.9 Å². The van der Waals surface area contributed by atoms with Crippen molar-refractivity contribution in [1.82, 2.24) is 5.32 Å². The van der Waals surface area contributed by atoms with Gasteiger partial charge in [0.2, 0.25) is 5.91 Å². The molecule has 0 aromatic carbocycles. The van der Waals surface area contributed by atoms with Gasteiger partial charge in [0.1, 0.15) is 43.2 Å². The first-order valence-electron chi connectivity index (χ1n) is 13.0. The summed E-state index contributed by atoms with van der Waals surface area (Å²) >= 11 is 0. The molecular formula is C25H39NO14. The third-order valence-electron chi connectivity index (χ3n) is 6.27. The summed E-state index contributed by atoms with van der Waals surface area (Å²) in [6.45, 7) is 9.50. The molecule has 2 N–H and O–H groups in total. The Labute approximate surface area is 231 Å². The Morgan fingerprint density at radius 2 is 1.55 bits per heavy atom. The van der Waals surface area contributed by atoms with E-state index in [0.717, 1.165) is 13.8 Å². The van der Waals surface area contributed by atoms with Crippen LogP contribution in [0.1, 0.15) is 48.5 Å². The van der Waals surface area contributed by atoms with E-state index in [4.69, 9.17) is 42.6 Å². The van der Waals surface area contributed by atoms with E-state index in [-0.39, 0.29) is 13.2 Å². The molecule has 0 unspecified atom stereocenters. The Morgan fingerprint density at radius 3 is 2.12 bits per heavy atom. The monoisotopic (exact) mass is 577 g/mol. The van der Waals surface area contributed by atoms with Gasteiger partial charge in [0.15, 0.2) is 30.6 Å². The fourth-order valence-electron chi connectivity index (χ4n) is 4.92. The molecule has 0 aromatic heterocycles. The van der Waals surface area contributed by atoms with Gasteiger partial charge in [-0.05, 0) is 20.8 Å². The molecule has 0 bridgehead atoms. The van der Waals surface area contributed by atoms with Gasteiger partial charge in [0, 0.05) is 34.3 Å². The maximum Gasteiger partial charge on any atom is 0.303 e. The number of carbonyl (C=O) groups excluding carboxylic acids is 4. The van der Waals surface area contributed by atoms with Crippen LogP contribution < -0.4 is 5.32 Å². The van der Waals surface area contributed by atoms with Crippen LogP contribution in [0.2, 0.25) is 0 Å². The minimum atomic E-state index is -1.34. The molecule has 228 valence electrons. The maximum atomic E-state index is 12.1. The highest BCUT2D eigenvalue weighted by atomic mass is 16.8. The van der Waals surface area contributed by atoms with E-state index in [0.29, 0.717) is 6.61 Å². The first kappa shape index (κ1) is 32.1. The molecule has 0 spiro atoms. The smallest absolute Gasteiger partial charge is 0.303 e. The lowest BCUT2D eigenvalue weighted by Crippen LogP contribution is -2.66. The van der Waals surface area contributed by atoms with Crippen LogP contribution in [-0.2, 0) is 61.8 Å². The lowest BCUT2D eigenvalue weighted by molar-refractivity contribution is -0.286. The summed E-state index contributed by atoms with van der Waals surface area (Å²) in [6.07, 6.45) is -9.24. The van der Waals surface area contributed by atoms with Gasteiger partial charge in [0.05, 0.1) is 6.61 Å². The highest BCUT2D eigenvalue weighted by Crippen LogP contribution is 2.40. The van der Waals surface area contributed by atoms with Crippen molar-refractivity contribution in [2.45, 2.75) is 116 Å². The van der Waals surface area contributed by atoms with Gasteiger partial charge in [-0.15, -0.1) is 0 Å². The molecule has 3 aliphatic rings. The number of fused-ring (bicyclic) bond motifs is 1. The number of esters is 3. The van der Waals surface area contributed by atoms with Crippen LogP contribution in [0, 0.1) is 0 Å². The van der Waals surface area contributed by atoms with Gasteiger partial charge in [-0.1, -0.05) is 0 Å². The van der Waals surface area contributed by atoms with Gasteiger partial charge in [0.25, 0.3) is 0 Å². The van der Waals surface area contributed by atoms with E-state index in [2.05, 4.69) is 5.32 Å². The van der Waals surface area contributed by atoms with Crippen LogP contribution in [0.15, 0.2) is 0 Å². The summed E-state index contributed by atoms with van der Waals surface area (Å²) in [7, 11) is 0. The molecule has 3 heterocycles. The molecule has 0 saturated carbocycles. The molecular weight excluding hydrogens is 538 g/mol. The summed E-state index contributed by atoms with van der Waals surface area (Å²) < 4.78 is 51.1. The number of amides is 1. The van der Waals surface area contributed by atoms with E-state index >= 15 is 0 Å². The Bertz CT molecular complexity index is 927. The zero-order chi connectivity index (χ0) is 29.8. The number of aliphatic hydroxyl groups excluding tert-OH is 1. The van der Waals surface area contributed by atoms with Gasteiger partial charge in [-0.25, -0.2) is 0 Å². The Hall–Kier alpha value is -2.40. The minimum Gasteiger partial charge on any atom is -0.463 e. The number of hydrogen-bond donors (Lipinski definition) is 2. The number of rotatable bonds is 11. The van der Waals surface area contributed by atoms with Crippen molar-refractivity contribution in [3.63, 3.8) is 0 Å². The topological polar surface area (TPSA) is 184 Å². The van der Waals surface area contributed by atoms with Crippen molar-refractivity contribution in [1.29, 1.82) is 0 Å². The summed E-state index contributed by atoms with van der Waals surface area (Å²) in [4.78, 5) is 47.5. The lowest BCUT2D eigenvalue weighted by atomic mass is 9.96. The normalized spacial score (nSPS) is 35.4. The van der Waals surface area contributed by atoms with Crippen LogP contribution >= 0.6 is 0 Å². The third-order valence-corrected chi connectivity index (χ3v) is 6.27. The summed E-state index contributed by atoms with van der Waals surface area (Å²) in [5.41, 5.74) is 0. The van der Waals surface area contributed by atoms with Gasteiger partial charge >= 0.3 is 17.9 Å². The van der Waals surface area contributed by atoms with Crippen LogP contribution in [0.5, 0.6) is 0 Å². The molecule has 15 heteroatoms. The summed E-state index contributed by atoms with van der Waals surface area (Å²) in [5, 5.41) is 13.6. The number of nitrogens with one attached hydrogen (secondary N) is 1. The molecule has 3 saturated heterocycles. The second kappa shape index (κ2) is 13.5. The summed E-state index contributed by atoms with van der Waals surface area (Å²) in [5.74, 6) is -3.52. The number of ether oxygens (including phenoxy) is 9.